The van der Waals surface area contributed by atoms with Gasteiger partial charge in [-0.3, -0.25) is 0 Å². The van der Waals surface area contributed by atoms with Crippen LogP contribution >= 0.6 is 22.6 Å². The minimum atomic E-state index is -1.12. The number of hydrogen-bond acceptors (Lipinski definition) is 2. The predicted octanol–water partition coefficient (Wildman–Crippen LogP) is 2.62. The Morgan fingerprint density at radius 3 is 2.65 bits per heavy atom. The summed E-state index contributed by atoms with van der Waals surface area (Å²) in [6.45, 7) is 1.70. The van der Waals surface area contributed by atoms with Gasteiger partial charge in [0.25, 0.3) is 0 Å². The second-order valence-corrected chi connectivity index (χ2v) is 4.50. The molecule has 88 valence electrons. The lowest BCUT2D eigenvalue weighted by molar-refractivity contribution is 0.0689. The van der Waals surface area contributed by atoms with E-state index in [9.17, 15) is 9.18 Å². The van der Waals surface area contributed by atoms with Gasteiger partial charge in [-0.1, -0.05) is 12.1 Å². The van der Waals surface area contributed by atoms with Crippen molar-refractivity contribution in [2.24, 2.45) is 0 Å². The van der Waals surface area contributed by atoms with Gasteiger partial charge in [0.2, 0.25) is 0 Å². The topological polar surface area (TPSA) is 55.1 Å². The van der Waals surface area contributed by atoms with Crippen molar-refractivity contribution in [2.75, 3.05) is 0 Å². The first kappa shape index (κ1) is 12.0. The maximum atomic E-state index is 13.6. The Morgan fingerprint density at radius 2 is 2.12 bits per heavy atom. The third-order valence-electron chi connectivity index (χ3n) is 2.33. The van der Waals surface area contributed by atoms with E-state index in [0.717, 1.165) is 0 Å². The molecule has 0 atom stereocenters. The van der Waals surface area contributed by atoms with Gasteiger partial charge in [0.15, 0.2) is 5.69 Å². The van der Waals surface area contributed by atoms with Gasteiger partial charge in [-0.05, 0) is 41.6 Å². The number of carbonyl (C=O) groups is 1. The van der Waals surface area contributed by atoms with Crippen LogP contribution in [-0.4, -0.2) is 20.9 Å². The highest BCUT2D eigenvalue weighted by molar-refractivity contribution is 14.1. The van der Waals surface area contributed by atoms with Crippen molar-refractivity contribution >= 4 is 28.6 Å². The van der Waals surface area contributed by atoms with E-state index in [2.05, 4.69) is 5.10 Å². The van der Waals surface area contributed by atoms with Crippen LogP contribution in [-0.2, 0) is 0 Å². The number of halogens is 2. The molecule has 6 heteroatoms. The molecule has 0 saturated carbocycles. The van der Waals surface area contributed by atoms with Crippen LogP contribution in [0, 0.1) is 16.3 Å². The van der Waals surface area contributed by atoms with E-state index in [0.29, 0.717) is 9.26 Å². The van der Waals surface area contributed by atoms with Gasteiger partial charge in [0.1, 0.15) is 11.5 Å². The Balaban J connectivity index is 2.66. The second kappa shape index (κ2) is 4.44. The third kappa shape index (κ3) is 2.04. The fourth-order valence-electron chi connectivity index (χ4n) is 1.48. The van der Waals surface area contributed by atoms with Crippen molar-refractivity contribution < 1.29 is 14.3 Å². The van der Waals surface area contributed by atoms with E-state index >= 15 is 0 Å². The molecule has 0 aliphatic carbocycles. The van der Waals surface area contributed by atoms with Gasteiger partial charge >= 0.3 is 5.97 Å². The molecule has 1 aromatic heterocycles. The lowest BCUT2D eigenvalue weighted by Crippen LogP contribution is -2.04. The van der Waals surface area contributed by atoms with E-state index in [-0.39, 0.29) is 11.4 Å². The number of aromatic nitrogens is 2. The molecule has 4 nitrogen and oxygen atoms in total. The minimum absolute atomic E-state index is 0.0636. The molecule has 0 unspecified atom stereocenters. The molecule has 0 aliphatic rings. The zero-order chi connectivity index (χ0) is 12.6. The van der Waals surface area contributed by atoms with Gasteiger partial charge in [-0.25, -0.2) is 13.9 Å². The minimum Gasteiger partial charge on any atom is -0.476 e. The first-order chi connectivity index (χ1) is 8.02. The normalized spacial score (nSPS) is 10.5. The fourth-order valence-corrected chi connectivity index (χ4v) is 2.04. The maximum Gasteiger partial charge on any atom is 0.357 e. The van der Waals surface area contributed by atoms with Gasteiger partial charge in [0.05, 0.1) is 9.26 Å². The van der Waals surface area contributed by atoms with E-state index in [1.54, 1.807) is 25.1 Å². The monoisotopic (exact) mass is 346 g/mol. The van der Waals surface area contributed by atoms with E-state index in [4.69, 9.17) is 5.11 Å². The molecular weight excluding hydrogens is 338 g/mol. The van der Waals surface area contributed by atoms with Crippen molar-refractivity contribution in [3.8, 4) is 5.69 Å². The Hall–Kier alpha value is -1.44. The fraction of sp³-hybridized carbons (Fsp3) is 0.0909. The molecule has 0 spiro atoms. The van der Waals surface area contributed by atoms with Crippen LogP contribution < -0.4 is 0 Å². The molecule has 17 heavy (non-hydrogen) atoms. The van der Waals surface area contributed by atoms with Crippen LogP contribution in [0.2, 0.25) is 0 Å². The van der Waals surface area contributed by atoms with Crippen LogP contribution in [0.15, 0.2) is 24.3 Å². The summed E-state index contributed by atoms with van der Waals surface area (Å²) < 4.78 is 15.4. The van der Waals surface area contributed by atoms with Gasteiger partial charge in [-0.2, -0.15) is 5.10 Å². The summed E-state index contributed by atoms with van der Waals surface area (Å²) in [4.78, 5) is 10.9. The summed E-state index contributed by atoms with van der Waals surface area (Å²) in [5.41, 5.74) is 0.787. The number of hydrogen-bond donors (Lipinski definition) is 1. The number of benzene rings is 1. The Bertz CT molecular complexity index is 595. The Kier molecular flexibility index (Phi) is 3.14. The molecule has 0 fully saturated rings. The Labute approximate surface area is 110 Å². The number of nitrogens with zero attached hydrogens (tertiary/aromatic N) is 2. The number of para-hydroxylation sites is 1. The van der Waals surface area contributed by atoms with Crippen LogP contribution in [0.4, 0.5) is 4.39 Å². The SMILES string of the molecule is Cc1c(I)c(C(=O)O)nn1-c1ccccc1F. The van der Waals surface area contributed by atoms with E-state index < -0.39 is 11.8 Å². The maximum absolute atomic E-state index is 13.6. The van der Waals surface area contributed by atoms with Crippen molar-refractivity contribution in [1.29, 1.82) is 0 Å². The van der Waals surface area contributed by atoms with Gasteiger partial charge in [0, 0.05) is 0 Å². The lowest BCUT2D eigenvalue weighted by Gasteiger charge is -2.04. The summed E-state index contributed by atoms with van der Waals surface area (Å²) in [6.07, 6.45) is 0. The quantitative estimate of drug-likeness (QED) is 0.851. The zero-order valence-corrected chi connectivity index (χ0v) is 11.0. The highest BCUT2D eigenvalue weighted by atomic mass is 127. The largest absolute Gasteiger partial charge is 0.476 e. The van der Waals surface area contributed by atoms with Gasteiger partial charge in [-0.15, -0.1) is 0 Å². The zero-order valence-electron chi connectivity index (χ0n) is 8.82. The van der Waals surface area contributed by atoms with Crippen molar-refractivity contribution in [3.05, 3.63) is 45.0 Å². The molecule has 2 aromatic rings. The molecule has 0 saturated heterocycles. The lowest BCUT2D eigenvalue weighted by atomic mass is 10.3. The number of carboxylic acids is 1. The van der Waals surface area contributed by atoms with E-state index in [1.807, 2.05) is 22.6 Å². The molecule has 0 radical (unpaired) electrons. The molecule has 0 bridgehead atoms. The summed E-state index contributed by atoms with van der Waals surface area (Å²) >= 11 is 1.89. The molecule has 2 rings (SSSR count). The van der Waals surface area contributed by atoms with Gasteiger partial charge < -0.3 is 5.11 Å². The predicted molar refractivity (Wildman–Crippen MR) is 67.9 cm³/mol. The average Bonchev–Trinajstić information content (AvgIpc) is 2.57. The first-order valence-electron chi connectivity index (χ1n) is 4.75. The van der Waals surface area contributed by atoms with Crippen molar-refractivity contribution in [1.82, 2.24) is 9.78 Å². The third-order valence-corrected chi connectivity index (χ3v) is 3.62. The molecule has 0 amide bonds. The Morgan fingerprint density at radius 1 is 1.47 bits per heavy atom. The van der Waals surface area contributed by atoms with Crippen LogP contribution in [0.5, 0.6) is 0 Å². The highest BCUT2D eigenvalue weighted by Gasteiger charge is 2.19. The molecule has 1 heterocycles. The molecule has 0 aliphatic heterocycles. The summed E-state index contributed by atoms with van der Waals surface area (Å²) in [7, 11) is 0. The van der Waals surface area contributed by atoms with Crippen LogP contribution in [0.1, 0.15) is 16.2 Å². The number of carboxylic acid groups (broad SMARTS) is 1. The molecule has 1 aromatic carbocycles. The van der Waals surface area contributed by atoms with Crippen molar-refractivity contribution in [2.45, 2.75) is 6.92 Å². The standard InChI is InChI=1S/C11H8FIN2O2/c1-6-9(13)10(11(16)17)14-15(6)8-5-3-2-4-7(8)12/h2-5H,1H3,(H,16,17). The molecular formula is C11H8FIN2O2. The smallest absolute Gasteiger partial charge is 0.357 e. The van der Waals surface area contributed by atoms with E-state index in [1.165, 1.54) is 10.7 Å². The molecule has 1 N–H and O–H groups in total. The summed E-state index contributed by atoms with van der Waals surface area (Å²) in [5, 5.41) is 12.9. The number of rotatable bonds is 2. The summed E-state index contributed by atoms with van der Waals surface area (Å²) in [5.74, 6) is -1.56. The van der Waals surface area contributed by atoms with Crippen LogP contribution in [0.3, 0.4) is 0 Å². The highest BCUT2D eigenvalue weighted by Crippen LogP contribution is 2.21. The summed E-state index contributed by atoms with van der Waals surface area (Å²) in [6, 6.07) is 6.11. The average molecular weight is 346 g/mol. The van der Waals surface area contributed by atoms with Crippen molar-refractivity contribution in [3.63, 3.8) is 0 Å². The first-order valence-corrected chi connectivity index (χ1v) is 5.83. The number of aromatic carboxylic acids is 1. The second-order valence-electron chi connectivity index (χ2n) is 3.42. The van der Waals surface area contributed by atoms with Crippen LogP contribution in [0.25, 0.3) is 5.69 Å².